The van der Waals surface area contributed by atoms with E-state index >= 15 is 0 Å². The number of carbonyl (C=O) groups is 4. The van der Waals surface area contributed by atoms with Crippen LogP contribution in [0.15, 0.2) is 24.3 Å². The molecule has 1 aromatic rings. The molecule has 4 amide bonds. The number of fused-ring (bicyclic) bond motifs is 1. The van der Waals surface area contributed by atoms with E-state index in [-0.39, 0.29) is 36.5 Å². The number of hydrogen-bond donors (Lipinski definition) is 3. The monoisotopic (exact) mass is 514 g/mol. The number of ether oxygens (including phenoxy) is 1. The fourth-order valence-corrected chi connectivity index (χ4v) is 4.90. The van der Waals surface area contributed by atoms with E-state index in [1.807, 2.05) is 13.8 Å². The molecule has 3 N–H and O–H groups in total. The highest BCUT2D eigenvalue weighted by Crippen LogP contribution is 2.20. The van der Waals surface area contributed by atoms with E-state index in [4.69, 9.17) is 4.74 Å². The molecule has 0 radical (unpaired) electrons. The molecule has 204 valence electrons. The van der Waals surface area contributed by atoms with Crippen LogP contribution in [0.3, 0.4) is 0 Å². The van der Waals surface area contributed by atoms with Crippen molar-refractivity contribution in [2.75, 3.05) is 19.7 Å². The van der Waals surface area contributed by atoms with Crippen molar-refractivity contribution in [1.82, 2.24) is 20.9 Å². The highest BCUT2D eigenvalue weighted by atomic mass is 16.5. The van der Waals surface area contributed by atoms with Crippen LogP contribution in [0.2, 0.25) is 0 Å². The largest absolute Gasteiger partial charge is 0.491 e. The van der Waals surface area contributed by atoms with Crippen molar-refractivity contribution in [3.8, 4) is 5.75 Å². The van der Waals surface area contributed by atoms with Gasteiger partial charge in [0.25, 0.3) is 5.91 Å². The summed E-state index contributed by atoms with van der Waals surface area (Å²) < 4.78 is 5.96. The van der Waals surface area contributed by atoms with Crippen LogP contribution in [0, 0.1) is 5.92 Å². The van der Waals surface area contributed by atoms with Crippen LogP contribution in [0.1, 0.15) is 82.5 Å². The Hall–Kier alpha value is -3.10. The fourth-order valence-electron chi connectivity index (χ4n) is 4.90. The average molecular weight is 515 g/mol. The first-order valence-electron chi connectivity index (χ1n) is 13.7. The lowest BCUT2D eigenvalue weighted by Crippen LogP contribution is -2.54. The standard InChI is InChI=1S/C28H42N4O5/c1-4-5-14-32-15-16-37-24-13-9-8-12-21(24)26(34)31-22(27(35)29-20-10-6-7-11-20)18-25(33)30-23(28(32)36)17-19(2)3/h8-9,12-13,19-20,22-23H,4-7,10-11,14-18H2,1-3H3,(H,29,35)(H,30,33)(H,31,34)/t22-,23-/m0/s1. The number of nitrogens with one attached hydrogen (secondary N) is 3. The van der Waals surface area contributed by atoms with Gasteiger partial charge in [0.1, 0.15) is 24.4 Å². The zero-order chi connectivity index (χ0) is 26.8. The Labute approximate surface area is 220 Å². The molecule has 0 bridgehead atoms. The van der Waals surface area contributed by atoms with E-state index in [2.05, 4.69) is 22.9 Å². The molecule has 1 aromatic carbocycles. The highest BCUT2D eigenvalue weighted by Gasteiger charge is 2.32. The second-order valence-corrected chi connectivity index (χ2v) is 10.5. The molecule has 0 saturated heterocycles. The molecule has 2 aliphatic rings. The van der Waals surface area contributed by atoms with Crippen LogP contribution in [0.4, 0.5) is 0 Å². The van der Waals surface area contributed by atoms with Crippen molar-refractivity contribution in [2.24, 2.45) is 5.92 Å². The molecule has 9 heteroatoms. The summed E-state index contributed by atoms with van der Waals surface area (Å²) in [6, 6.07) is 5.06. The zero-order valence-corrected chi connectivity index (χ0v) is 22.4. The lowest BCUT2D eigenvalue weighted by molar-refractivity contribution is -0.137. The summed E-state index contributed by atoms with van der Waals surface area (Å²) >= 11 is 0. The van der Waals surface area contributed by atoms with Gasteiger partial charge in [0.05, 0.1) is 18.5 Å². The maximum atomic E-state index is 13.6. The molecule has 1 aliphatic carbocycles. The third-order valence-electron chi connectivity index (χ3n) is 6.90. The molecule has 0 aromatic heterocycles. The summed E-state index contributed by atoms with van der Waals surface area (Å²) in [4.78, 5) is 54.9. The topological polar surface area (TPSA) is 117 Å². The Morgan fingerprint density at radius 1 is 1.14 bits per heavy atom. The lowest BCUT2D eigenvalue weighted by Gasteiger charge is -2.30. The van der Waals surface area contributed by atoms with Crippen molar-refractivity contribution in [2.45, 2.75) is 90.3 Å². The number of carbonyl (C=O) groups excluding carboxylic acids is 4. The zero-order valence-electron chi connectivity index (χ0n) is 22.4. The predicted octanol–water partition coefficient (Wildman–Crippen LogP) is 2.79. The summed E-state index contributed by atoms with van der Waals surface area (Å²) in [5.41, 5.74) is 0.280. The lowest BCUT2D eigenvalue weighted by atomic mass is 10.0. The first-order valence-corrected chi connectivity index (χ1v) is 13.7. The first kappa shape index (κ1) is 28.5. The quantitative estimate of drug-likeness (QED) is 0.517. The minimum atomic E-state index is -1.07. The van der Waals surface area contributed by atoms with E-state index < -0.39 is 29.8 Å². The summed E-state index contributed by atoms with van der Waals surface area (Å²) in [6.07, 6.45) is 5.82. The number of amides is 4. The first-order chi connectivity index (χ1) is 17.8. The van der Waals surface area contributed by atoms with Gasteiger partial charge in [-0.25, -0.2) is 0 Å². The molecule has 1 aliphatic heterocycles. The van der Waals surface area contributed by atoms with E-state index in [1.54, 1.807) is 29.2 Å². The summed E-state index contributed by atoms with van der Waals surface area (Å²) in [5, 5.41) is 8.61. The Balaban J connectivity index is 1.90. The van der Waals surface area contributed by atoms with Crippen LogP contribution < -0.4 is 20.7 Å². The van der Waals surface area contributed by atoms with Gasteiger partial charge in [-0.05, 0) is 43.7 Å². The predicted molar refractivity (Wildman–Crippen MR) is 141 cm³/mol. The third-order valence-corrected chi connectivity index (χ3v) is 6.90. The highest BCUT2D eigenvalue weighted by molar-refractivity contribution is 6.01. The van der Waals surface area contributed by atoms with Crippen LogP contribution in [0.25, 0.3) is 0 Å². The number of benzene rings is 1. The SMILES string of the molecule is CCCCN1CCOc2ccccc2C(=O)N[C@H](C(=O)NC2CCCC2)CC(=O)N[C@@H](CC(C)C)C1=O. The van der Waals surface area contributed by atoms with Crippen LogP contribution in [-0.4, -0.2) is 66.4 Å². The number of rotatable bonds is 7. The number of nitrogens with zero attached hydrogens (tertiary/aromatic N) is 1. The van der Waals surface area contributed by atoms with E-state index in [0.717, 1.165) is 38.5 Å². The van der Waals surface area contributed by atoms with Gasteiger partial charge < -0.3 is 25.6 Å². The van der Waals surface area contributed by atoms with Gasteiger partial charge >= 0.3 is 0 Å². The molecule has 0 spiro atoms. The van der Waals surface area contributed by atoms with Crippen molar-refractivity contribution < 1.29 is 23.9 Å². The van der Waals surface area contributed by atoms with Crippen molar-refractivity contribution in [3.63, 3.8) is 0 Å². The molecule has 0 unspecified atom stereocenters. The van der Waals surface area contributed by atoms with Crippen molar-refractivity contribution in [1.29, 1.82) is 0 Å². The molecule has 37 heavy (non-hydrogen) atoms. The van der Waals surface area contributed by atoms with Gasteiger partial charge in [0.2, 0.25) is 17.7 Å². The number of unbranched alkanes of at least 4 members (excludes halogenated alkanes) is 1. The van der Waals surface area contributed by atoms with Gasteiger partial charge in [-0.2, -0.15) is 0 Å². The molecule has 3 rings (SSSR count). The Morgan fingerprint density at radius 2 is 1.86 bits per heavy atom. The van der Waals surface area contributed by atoms with Gasteiger partial charge in [-0.15, -0.1) is 0 Å². The van der Waals surface area contributed by atoms with Gasteiger partial charge in [0.15, 0.2) is 0 Å². The summed E-state index contributed by atoms with van der Waals surface area (Å²) in [7, 11) is 0. The molecule has 1 saturated carbocycles. The maximum absolute atomic E-state index is 13.6. The third kappa shape index (κ3) is 8.47. The van der Waals surface area contributed by atoms with Crippen molar-refractivity contribution in [3.05, 3.63) is 29.8 Å². The van der Waals surface area contributed by atoms with E-state index in [9.17, 15) is 19.2 Å². The van der Waals surface area contributed by atoms with Gasteiger partial charge in [-0.3, -0.25) is 19.2 Å². The molecular formula is C28H42N4O5. The minimum absolute atomic E-state index is 0.0403. The average Bonchev–Trinajstić information content (AvgIpc) is 3.37. The number of para-hydroxylation sites is 1. The molecule has 1 heterocycles. The smallest absolute Gasteiger partial charge is 0.255 e. The second kappa shape index (κ2) is 14.0. The van der Waals surface area contributed by atoms with Crippen LogP contribution in [0.5, 0.6) is 5.75 Å². The van der Waals surface area contributed by atoms with Gasteiger partial charge in [0, 0.05) is 12.6 Å². The molecule has 1 fully saturated rings. The van der Waals surface area contributed by atoms with Crippen LogP contribution in [-0.2, 0) is 14.4 Å². The maximum Gasteiger partial charge on any atom is 0.255 e. The van der Waals surface area contributed by atoms with Gasteiger partial charge in [-0.1, -0.05) is 52.2 Å². The molecule has 2 atom stereocenters. The Morgan fingerprint density at radius 3 is 2.57 bits per heavy atom. The number of hydrogen-bond acceptors (Lipinski definition) is 5. The van der Waals surface area contributed by atoms with Crippen molar-refractivity contribution >= 4 is 23.6 Å². The minimum Gasteiger partial charge on any atom is -0.491 e. The van der Waals surface area contributed by atoms with E-state index in [0.29, 0.717) is 25.3 Å². The molecular weight excluding hydrogens is 472 g/mol. The Kier molecular flexibility index (Phi) is 10.8. The fraction of sp³-hybridized carbons (Fsp3) is 0.643. The Bertz CT molecular complexity index is 944. The summed E-state index contributed by atoms with van der Waals surface area (Å²) in [5.74, 6) is -0.922. The normalized spacial score (nSPS) is 22.1. The van der Waals surface area contributed by atoms with Crippen LogP contribution >= 0.6 is 0 Å². The van der Waals surface area contributed by atoms with E-state index in [1.165, 1.54) is 0 Å². The second-order valence-electron chi connectivity index (χ2n) is 10.5. The summed E-state index contributed by atoms with van der Waals surface area (Å²) in [6.45, 7) is 7.15. The molecule has 9 nitrogen and oxygen atoms in total.